The predicted molar refractivity (Wildman–Crippen MR) is 80.6 cm³/mol. The number of anilines is 1. The molecule has 5 nitrogen and oxygen atoms in total. The molecule has 1 aromatic carbocycles. The molecule has 2 N–H and O–H groups in total. The number of hydrogen-bond donors (Lipinski definition) is 2. The van der Waals surface area contributed by atoms with Crippen LogP contribution in [0.5, 0.6) is 0 Å². The highest BCUT2D eigenvalue weighted by atomic mass is 79.9. The van der Waals surface area contributed by atoms with Gasteiger partial charge in [-0.15, -0.1) is 10.2 Å². The first kappa shape index (κ1) is 14.5. The van der Waals surface area contributed by atoms with Gasteiger partial charge >= 0.3 is 5.97 Å². The Labute approximate surface area is 125 Å². The number of aliphatic carboxylic acids is 1. The average Bonchev–Trinajstić information content (AvgIpc) is 2.42. The Hall–Kier alpha value is -1.95. The number of benzene rings is 1. The van der Waals surface area contributed by atoms with Gasteiger partial charge in [-0.05, 0) is 43.7 Å². The minimum atomic E-state index is -0.932. The number of nitrogens with one attached hydrogen (secondary N) is 1. The lowest BCUT2D eigenvalue weighted by molar-refractivity contribution is -0.137. The maximum absolute atomic E-state index is 10.8. The molecular weight excluding hydrogens is 322 g/mol. The van der Waals surface area contributed by atoms with E-state index in [-0.39, 0.29) is 0 Å². The Balaban J connectivity index is 2.24. The molecule has 20 heavy (non-hydrogen) atoms. The molecule has 0 bridgehead atoms. The largest absolute Gasteiger partial charge is 0.480 e. The van der Waals surface area contributed by atoms with Gasteiger partial charge in [-0.1, -0.05) is 22.0 Å². The Morgan fingerprint density at radius 3 is 2.65 bits per heavy atom. The third-order valence-electron chi connectivity index (χ3n) is 2.87. The highest BCUT2D eigenvalue weighted by Crippen LogP contribution is 2.25. The normalized spacial score (nSPS) is 11.9. The van der Waals surface area contributed by atoms with Gasteiger partial charge in [0, 0.05) is 10.0 Å². The highest BCUT2D eigenvalue weighted by molar-refractivity contribution is 9.10. The van der Waals surface area contributed by atoms with Crippen molar-refractivity contribution in [1.82, 2.24) is 10.2 Å². The standard InChI is InChI=1S/C14H14BrN3O2/c1-8-3-4-10(15)7-11(8)12-5-6-13(18-17-12)16-9(2)14(19)20/h3-7,9H,1-2H3,(H,16,18)(H,19,20). The van der Waals surface area contributed by atoms with Crippen molar-refractivity contribution in [1.29, 1.82) is 0 Å². The summed E-state index contributed by atoms with van der Waals surface area (Å²) >= 11 is 3.43. The number of carbonyl (C=O) groups is 1. The zero-order valence-electron chi connectivity index (χ0n) is 11.1. The van der Waals surface area contributed by atoms with E-state index in [1.165, 1.54) is 0 Å². The van der Waals surface area contributed by atoms with Crippen LogP contribution >= 0.6 is 15.9 Å². The van der Waals surface area contributed by atoms with E-state index < -0.39 is 12.0 Å². The number of hydrogen-bond acceptors (Lipinski definition) is 4. The molecule has 1 heterocycles. The van der Waals surface area contributed by atoms with Crippen molar-refractivity contribution in [2.75, 3.05) is 5.32 Å². The van der Waals surface area contributed by atoms with Crippen LogP contribution in [0.3, 0.4) is 0 Å². The Morgan fingerprint density at radius 1 is 1.30 bits per heavy atom. The van der Waals surface area contributed by atoms with Crippen LogP contribution in [-0.4, -0.2) is 27.3 Å². The van der Waals surface area contributed by atoms with Gasteiger partial charge in [0.15, 0.2) is 0 Å². The number of halogens is 1. The average molecular weight is 336 g/mol. The first-order valence-electron chi connectivity index (χ1n) is 6.07. The molecule has 0 aliphatic carbocycles. The second kappa shape index (κ2) is 6.00. The predicted octanol–water partition coefficient (Wildman–Crippen LogP) is 3.10. The SMILES string of the molecule is Cc1ccc(Br)cc1-c1ccc(NC(C)C(=O)O)nn1. The second-order valence-electron chi connectivity index (χ2n) is 4.47. The summed E-state index contributed by atoms with van der Waals surface area (Å²) in [5.74, 6) is -0.491. The molecule has 0 radical (unpaired) electrons. The second-order valence-corrected chi connectivity index (χ2v) is 5.38. The lowest BCUT2D eigenvalue weighted by Gasteiger charge is -2.10. The molecule has 0 fully saturated rings. The van der Waals surface area contributed by atoms with Gasteiger partial charge in [0.05, 0.1) is 5.69 Å². The molecule has 0 saturated heterocycles. The van der Waals surface area contributed by atoms with Crippen LogP contribution in [0.15, 0.2) is 34.8 Å². The third kappa shape index (κ3) is 3.33. The van der Waals surface area contributed by atoms with Crippen LogP contribution in [0.2, 0.25) is 0 Å². The summed E-state index contributed by atoms with van der Waals surface area (Å²) in [6.07, 6.45) is 0. The molecule has 1 unspecified atom stereocenters. The van der Waals surface area contributed by atoms with Crippen molar-refractivity contribution in [2.45, 2.75) is 19.9 Å². The fraction of sp³-hybridized carbons (Fsp3) is 0.214. The Morgan fingerprint density at radius 2 is 2.05 bits per heavy atom. The molecule has 0 aliphatic rings. The summed E-state index contributed by atoms with van der Waals surface area (Å²) in [7, 11) is 0. The molecular formula is C14H14BrN3O2. The number of aromatic nitrogens is 2. The van der Waals surface area contributed by atoms with Gasteiger partial charge in [0.2, 0.25) is 0 Å². The molecule has 6 heteroatoms. The maximum atomic E-state index is 10.8. The summed E-state index contributed by atoms with van der Waals surface area (Å²) in [4.78, 5) is 10.8. The van der Waals surface area contributed by atoms with Crippen molar-refractivity contribution >= 4 is 27.7 Å². The summed E-state index contributed by atoms with van der Waals surface area (Å²) < 4.78 is 0.974. The number of aryl methyl sites for hydroxylation is 1. The quantitative estimate of drug-likeness (QED) is 0.897. The van der Waals surface area contributed by atoms with E-state index in [1.807, 2.05) is 31.2 Å². The van der Waals surface area contributed by atoms with Crippen molar-refractivity contribution in [3.63, 3.8) is 0 Å². The van der Waals surface area contributed by atoms with Crippen LogP contribution in [0, 0.1) is 6.92 Å². The van der Waals surface area contributed by atoms with Crippen molar-refractivity contribution < 1.29 is 9.90 Å². The monoisotopic (exact) mass is 335 g/mol. The summed E-state index contributed by atoms with van der Waals surface area (Å²) in [6, 6.07) is 8.78. The van der Waals surface area contributed by atoms with Gasteiger partial charge < -0.3 is 10.4 Å². The molecule has 0 aliphatic heterocycles. The molecule has 1 aromatic heterocycles. The van der Waals surface area contributed by atoms with E-state index in [0.717, 1.165) is 21.3 Å². The van der Waals surface area contributed by atoms with E-state index in [0.29, 0.717) is 5.82 Å². The fourth-order valence-corrected chi connectivity index (χ4v) is 2.07. The highest BCUT2D eigenvalue weighted by Gasteiger charge is 2.11. The number of carboxylic acids is 1. The minimum absolute atomic E-state index is 0.441. The Kier molecular flexibility index (Phi) is 4.34. The van der Waals surface area contributed by atoms with Crippen LogP contribution in [0.4, 0.5) is 5.82 Å². The van der Waals surface area contributed by atoms with E-state index in [9.17, 15) is 4.79 Å². The summed E-state index contributed by atoms with van der Waals surface area (Å²) in [6.45, 7) is 3.55. The Bertz CT molecular complexity index is 629. The first-order valence-corrected chi connectivity index (χ1v) is 6.86. The van der Waals surface area contributed by atoms with Gasteiger partial charge in [0.25, 0.3) is 0 Å². The van der Waals surface area contributed by atoms with E-state index in [2.05, 4.69) is 31.4 Å². The topological polar surface area (TPSA) is 75.1 Å². The van der Waals surface area contributed by atoms with Crippen LogP contribution in [0.25, 0.3) is 11.3 Å². The van der Waals surface area contributed by atoms with E-state index in [1.54, 1.807) is 13.0 Å². The zero-order valence-corrected chi connectivity index (χ0v) is 12.7. The van der Waals surface area contributed by atoms with Crippen molar-refractivity contribution in [3.05, 3.63) is 40.4 Å². The lowest BCUT2D eigenvalue weighted by Crippen LogP contribution is -2.25. The molecule has 1 atom stereocenters. The number of carboxylic acid groups (broad SMARTS) is 1. The number of nitrogens with zero attached hydrogens (tertiary/aromatic N) is 2. The van der Waals surface area contributed by atoms with Crippen molar-refractivity contribution in [2.24, 2.45) is 0 Å². The molecule has 2 rings (SSSR count). The lowest BCUT2D eigenvalue weighted by atomic mass is 10.1. The fourth-order valence-electron chi connectivity index (χ4n) is 1.71. The summed E-state index contributed by atoms with van der Waals surface area (Å²) in [5, 5.41) is 19.7. The molecule has 104 valence electrons. The molecule has 0 amide bonds. The van der Waals surface area contributed by atoms with Gasteiger partial charge in [0.1, 0.15) is 11.9 Å². The van der Waals surface area contributed by atoms with E-state index in [4.69, 9.17) is 5.11 Å². The van der Waals surface area contributed by atoms with Crippen LogP contribution < -0.4 is 5.32 Å². The van der Waals surface area contributed by atoms with E-state index >= 15 is 0 Å². The first-order chi connectivity index (χ1) is 9.47. The smallest absolute Gasteiger partial charge is 0.325 e. The zero-order chi connectivity index (χ0) is 14.7. The minimum Gasteiger partial charge on any atom is -0.480 e. The molecule has 0 saturated carbocycles. The van der Waals surface area contributed by atoms with Crippen molar-refractivity contribution in [3.8, 4) is 11.3 Å². The van der Waals surface area contributed by atoms with Crippen LogP contribution in [-0.2, 0) is 4.79 Å². The number of rotatable bonds is 4. The molecule has 0 spiro atoms. The van der Waals surface area contributed by atoms with Crippen LogP contribution in [0.1, 0.15) is 12.5 Å². The van der Waals surface area contributed by atoms with Gasteiger partial charge in [-0.25, -0.2) is 0 Å². The maximum Gasteiger partial charge on any atom is 0.325 e. The van der Waals surface area contributed by atoms with Gasteiger partial charge in [-0.3, -0.25) is 4.79 Å². The summed E-state index contributed by atoms with van der Waals surface area (Å²) in [5.41, 5.74) is 2.84. The third-order valence-corrected chi connectivity index (χ3v) is 3.37. The van der Waals surface area contributed by atoms with Gasteiger partial charge in [-0.2, -0.15) is 0 Å². The molecule has 2 aromatic rings.